The van der Waals surface area contributed by atoms with Crippen molar-refractivity contribution in [1.82, 2.24) is 0 Å². The van der Waals surface area contributed by atoms with Crippen LogP contribution in [0.4, 0.5) is 13.2 Å². The molecule has 28 heavy (non-hydrogen) atoms. The van der Waals surface area contributed by atoms with Crippen LogP contribution in [0, 0.1) is 6.92 Å². The SMILES string of the molecule is COC(=O)c1ccc(C(=O)CC(O)(c2cc(Cl)cc(Cl)c2)C(F)(F)F)cc1C. The van der Waals surface area contributed by atoms with Crippen molar-refractivity contribution in [3.63, 3.8) is 0 Å². The maximum absolute atomic E-state index is 13.7. The lowest BCUT2D eigenvalue weighted by Gasteiger charge is -2.30. The summed E-state index contributed by atoms with van der Waals surface area (Å²) in [6.07, 6.45) is -6.46. The molecule has 0 saturated heterocycles. The Morgan fingerprint density at radius 2 is 1.64 bits per heavy atom. The zero-order valence-electron chi connectivity index (χ0n) is 14.7. The van der Waals surface area contributed by atoms with Crippen LogP contribution in [-0.4, -0.2) is 30.1 Å². The predicted octanol–water partition coefficient (Wildman–Crippen LogP) is 5.11. The number of methoxy groups -OCH3 is 1. The molecule has 0 aliphatic rings. The number of benzene rings is 2. The Balaban J connectivity index is 2.44. The lowest BCUT2D eigenvalue weighted by molar-refractivity contribution is -0.264. The first kappa shape index (κ1) is 22.2. The van der Waals surface area contributed by atoms with Gasteiger partial charge in [-0.2, -0.15) is 13.2 Å². The average molecular weight is 435 g/mol. The van der Waals surface area contributed by atoms with Gasteiger partial charge in [-0.25, -0.2) is 4.79 Å². The largest absolute Gasteiger partial charge is 0.465 e. The first-order valence-electron chi connectivity index (χ1n) is 7.87. The summed E-state index contributed by atoms with van der Waals surface area (Å²) in [6.45, 7) is 1.51. The molecule has 150 valence electrons. The van der Waals surface area contributed by atoms with Crippen LogP contribution in [0.15, 0.2) is 36.4 Å². The molecule has 0 aromatic heterocycles. The third-order valence-electron chi connectivity index (χ3n) is 4.18. The summed E-state index contributed by atoms with van der Waals surface area (Å²) in [5.41, 5.74) is -3.71. The highest BCUT2D eigenvalue weighted by Crippen LogP contribution is 2.43. The Kier molecular flexibility index (Phi) is 6.43. The Hall–Kier alpha value is -2.09. The second-order valence-corrected chi connectivity index (χ2v) is 7.01. The van der Waals surface area contributed by atoms with Gasteiger partial charge < -0.3 is 9.84 Å². The van der Waals surface area contributed by atoms with E-state index in [0.717, 1.165) is 12.1 Å². The third-order valence-corrected chi connectivity index (χ3v) is 4.62. The van der Waals surface area contributed by atoms with E-state index in [1.54, 1.807) is 0 Å². The predicted molar refractivity (Wildman–Crippen MR) is 97.9 cm³/mol. The van der Waals surface area contributed by atoms with Crippen molar-refractivity contribution < 1.29 is 32.6 Å². The molecular formula is C19H15Cl2F3O4. The average Bonchev–Trinajstić information content (AvgIpc) is 2.59. The van der Waals surface area contributed by atoms with Crippen LogP contribution in [0.1, 0.15) is 38.3 Å². The van der Waals surface area contributed by atoms with Gasteiger partial charge >= 0.3 is 12.1 Å². The van der Waals surface area contributed by atoms with E-state index in [1.807, 2.05) is 0 Å². The Morgan fingerprint density at radius 3 is 2.11 bits per heavy atom. The number of rotatable bonds is 5. The number of carbonyl (C=O) groups is 2. The number of esters is 1. The van der Waals surface area contributed by atoms with Crippen LogP contribution in [-0.2, 0) is 10.3 Å². The molecule has 0 aliphatic heterocycles. The minimum atomic E-state index is -5.17. The molecule has 1 atom stereocenters. The first-order valence-corrected chi connectivity index (χ1v) is 8.62. The Morgan fingerprint density at radius 1 is 1.07 bits per heavy atom. The Labute approximate surface area is 168 Å². The maximum Gasteiger partial charge on any atom is 0.421 e. The second kappa shape index (κ2) is 8.11. The van der Waals surface area contributed by atoms with Gasteiger partial charge in [0.1, 0.15) is 0 Å². The van der Waals surface area contributed by atoms with E-state index in [0.29, 0.717) is 5.56 Å². The lowest BCUT2D eigenvalue weighted by Crippen LogP contribution is -2.44. The van der Waals surface area contributed by atoms with Gasteiger partial charge in [0.05, 0.1) is 19.1 Å². The number of carbonyl (C=O) groups excluding carboxylic acids is 2. The van der Waals surface area contributed by atoms with Crippen molar-refractivity contribution in [2.24, 2.45) is 0 Å². The molecule has 0 fully saturated rings. The van der Waals surface area contributed by atoms with Crippen LogP contribution in [0.25, 0.3) is 0 Å². The molecule has 0 bridgehead atoms. The molecular weight excluding hydrogens is 420 g/mol. The fraction of sp³-hybridized carbons (Fsp3) is 0.263. The number of halogens is 5. The number of ether oxygens (including phenoxy) is 1. The summed E-state index contributed by atoms with van der Waals surface area (Å²) in [5.74, 6) is -1.62. The minimum absolute atomic E-state index is 0.0963. The normalized spacial score (nSPS) is 13.7. The fourth-order valence-corrected chi connectivity index (χ4v) is 3.20. The minimum Gasteiger partial charge on any atom is -0.465 e. The van der Waals surface area contributed by atoms with Crippen LogP contribution >= 0.6 is 23.2 Å². The number of Topliss-reactive ketones (excluding diaryl/α,β-unsaturated/α-hetero) is 1. The number of hydrogen-bond acceptors (Lipinski definition) is 4. The van der Waals surface area contributed by atoms with Gasteiger partial charge in [0.15, 0.2) is 11.4 Å². The summed E-state index contributed by atoms with van der Waals surface area (Å²) >= 11 is 11.5. The van der Waals surface area contributed by atoms with E-state index >= 15 is 0 Å². The second-order valence-electron chi connectivity index (χ2n) is 6.14. The van der Waals surface area contributed by atoms with Gasteiger partial charge in [0.2, 0.25) is 0 Å². The monoisotopic (exact) mass is 434 g/mol. The van der Waals surface area contributed by atoms with E-state index in [9.17, 15) is 27.9 Å². The van der Waals surface area contributed by atoms with Gasteiger partial charge in [-0.3, -0.25) is 4.79 Å². The number of alkyl halides is 3. The molecule has 2 aromatic carbocycles. The topological polar surface area (TPSA) is 63.6 Å². The highest BCUT2D eigenvalue weighted by molar-refractivity contribution is 6.34. The smallest absolute Gasteiger partial charge is 0.421 e. The van der Waals surface area contributed by atoms with E-state index in [2.05, 4.69) is 4.74 Å². The molecule has 1 N–H and O–H groups in total. The molecule has 0 amide bonds. The lowest BCUT2D eigenvalue weighted by atomic mass is 9.86. The van der Waals surface area contributed by atoms with Crippen molar-refractivity contribution in [3.05, 3.63) is 68.7 Å². The highest BCUT2D eigenvalue weighted by atomic mass is 35.5. The highest BCUT2D eigenvalue weighted by Gasteiger charge is 2.56. The number of ketones is 1. The zero-order chi connectivity index (χ0) is 21.3. The molecule has 0 saturated carbocycles. The standard InChI is InChI=1S/C19H15Cl2F3O4/c1-10-5-11(3-4-15(10)17(26)28-2)16(25)9-18(27,19(22,23)24)12-6-13(20)8-14(21)7-12/h3-8,27H,9H2,1-2H3. The first-order chi connectivity index (χ1) is 12.9. The third kappa shape index (κ3) is 4.48. The number of aryl methyl sites for hydroxylation is 1. The summed E-state index contributed by atoms with van der Waals surface area (Å²) in [4.78, 5) is 24.1. The molecule has 1 unspecified atom stereocenters. The van der Waals surface area contributed by atoms with E-state index < -0.39 is 35.5 Å². The van der Waals surface area contributed by atoms with Crippen LogP contribution < -0.4 is 0 Å². The van der Waals surface area contributed by atoms with Gasteiger partial charge in [-0.05, 0) is 48.4 Å². The summed E-state index contributed by atoms with van der Waals surface area (Å²) < 4.78 is 45.6. The maximum atomic E-state index is 13.7. The summed E-state index contributed by atoms with van der Waals surface area (Å²) in [6, 6.07) is 6.75. The molecule has 2 rings (SSSR count). The van der Waals surface area contributed by atoms with Crippen LogP contribution in [0.5, 0.6) is 0 Å². The van der Waals surface area contributed by atoms with Crippen molar-refractivity contribution in [2.75, 3.05) is 7.11 Å². The van der Waals surface area contributed by atoms with Crippen molar-refractivity contribution >= 4 is 35.0 Å². The molecule has 0 radical (unpaired) electrons. The Bertz CT molecular complexity index is 908. The molecule has 9 heteroatoms. The molecule has 0 spiro atoms. The van der Waals surface area contributed by atoms with Crippen molar-refractivity contribution in [2.45, 2.75) is 25.1 Å². The fourth-order valence-electron chi connectivity index (χ4n) is 2.67. The van der Waals surface area contributed by atoms with E-state index in [1.165, 1.54) is 38.3 Å². The molecule has 0 heterocycles. The molecule has 2 aromatic rings. The van der Waals surface area contributed by atoms with Gasteiger partial charge in [-0.15, -0.1) is 0 Å². The number of hydrogen-bond donors (Lipinski definition) is 1. The van der Waals surface area contributed by atoms with Gasteiger partial charge in [0, 0.05) is 15.6 Å². The molecule has 4 nitrogen and oxygen atoms in total. The number of aliphatic hydroxyl groups is 1. The summed E-state index contributed by atoms with van der Waals surface area (Å²) in [7, 11) is 1.18. The van der Waals surface area contributed by atoms with E-state index in [4.69, 9.17) is 23.2 Å². The van der Waals surface area contributed by atoms with E-state index in [-0.39, 0.29) is 21.2 Å². The quantitative estimate of drug-likeness (QED) is 0.524. The molecule has 0 aliphatic carbocycles. The van der Waals surface area contributed by atoms with Crippen molar-refractivity contribution in [1.29, 1.82) is 0 Å². The zero-order valence-corrected chi connectivity index (χ0v) is 16.2. The van der Waals surface area contributed by atoms with Crippen LogP contribution in [0.3, 0.4) is 0 Å². The summed E-state index contributed by atoms with van der Waals surface area (Å²) in [5, 5.41) is 10.2. The van der Waals surface area contributed by atoms with Gasteiger partial charge in [0.25, 0.3) is 0 Å². The van der Waals surface area contributed by atoms with Crippen LogP contribution in [0.2, 0.25) is 10.0 Å². The van der Waals surface area contributed by atoms with Gasteiger partial charge in [-0.1, -0.05) is 29.3 Å². The van der Waals surface area contributed by atoms with Crippen molar-refractivity contribution in [3.8, 4) is 0 Å².